The smallest absolute Gasteiger partial charge is 0.312 e. The van der Waals surface area contributed by atoms with Gasteiger partial charge in [0.2, 0.25) is 0 Å². The van der Waals surface area contributed by atoms with Crippen molar-refractivity contribution in [2.24, 2.45) is 28.1 Å². The molecule has 0 saturated heterocycles. The zero-order chi connectivity index (χ0) is 18.9. The highest BCUT2D eigenvalue weighted by Gasteiger charge is 2.60. The first-order chi connectivity index (χ1) is 11.2. The fourth-order valence-corrected chi connectivity index (χ4v) is 6.26. The molecule has 3 nitrogen and oxygen atoms in total. The molecule has 25 heavy (non-hydrogen) atoms. The van der Waals surface area contributed by atoms with E-state index in [1.807, 2.05) is 0 Å². The molecule has 4 fully saturated rings. The Morgan fingerprint density at radius 3 is 1.92 bits per heavy atom. The predicted octanol–water partition coefficient (Wildman–Crippen LogP) is 5.10. The van der Waals surface area contributed by atoms with Crippen molar-refractivity contribution in [3.05, 3.63) is 0 Å². The van der Waals surface area contributed by atoms with Gasteiger partial charge in [0, 0.05) is 6.42 Å². The first kappa shape index (κ1) is 19.2. The van der Waals surface area contributed by atoms with Gasteiger partial charge < -0.3 is 9.84 Å². The van der Waals surface area contributed by atoms with Gasteiger partial charge in [0.05, 0.1) is 11.0 Å². The van der Waals surface area contributed by atoms with Crippen LogP contribution < -0.4 is 0 Å². The lowest BCUT2D eigenvalue weighted by atomic mass is 9.52. The van der Waals surface area contributed by atoms with Gasteiger partial charge in [-0.15, -0.1) is 0 Å². The first-order valence-electron chi connectivity index (χ1n) is 10.1. The molecule has 4 rings (SSSR count). The molecule has 4 bridgehead atoms. The van der Waals surface area contributed by atoms with Crippen LogP contribution in [0.3, 0.4) is 0 Å². The lowest BCUT2D eigenvalue weighted by Crippen LogP contribution is -2.61. The van der Waals surface area contributed by atoms with Crippen molar-refractivity contribution in [1.82, 2.24) is 0 Å². The summed E-state index contributed by atoms with van der Waals surface area (Å²) in [6.45, 7) is 15.1. The van der Waals surface area contributed by atoms with Crippen LogP contribution in [0.15, 0.2) is 0 Å². The fourth-order valence-electron chi connectivity index (χ4n) is 6.26. The molecular weight excluding hydrogens is 312 g/mol. The van der Waals surface area contributed by atoms with Crippen LogP contribution in [0.25, 0.3) is 0 Å². The van der Waals surface area contributed by atoms with E-state index in [4.69, 9.17) is 4.74 Å². The Balaban J connectivity index is 1.85. The summed E-state index contributed by atoms with van der Waals surface area (Å²) in [5.74, 6) is 1.01. The van der Waals surface area contributed by atoms with Crippen LogP contribution in [0.2, 0.25) is 0 Å². The number of esters is 1. The zero-order valence-corrected chi connectivity index (χ0v) is 17.4. The number of carbonyl (C=O) groups excluding carboxylic acids is 1. The molecule has 0 amide bonds. The third-order valence-corrected chi connectivity index (χ3v) is 7.28. The number of aliphatic hydroxyl groups is 1. The lowest BCUT2D eigenvalue weighted by Gasteiger charge is -2.60. The molecule has 3 unspecified atom stereocenters. The maximum absolute atomic E-state index is 13.5. The predicted molar refractivity (Wildman–Crippen MR) is 100 cm³/mol. The van der Waals surface area contributed by atoms with Crippen LogP contribution in [0, 0.1) is 28.1 Å². The normalized spacial score (nSPS) is 40.0. The van der Waals surface area contributed by atoms with Gasteiger partial charge in [-0.05, 0) is 68.1 Å². The summed E-state index contributed by atoms with van der Waals surface area (Å²) in [6.07, 6.45) is 6.37. The number of hydrogen-bond donors (Lipinski definition) is 1. The van der Waals surface area contributed by atoms with Crippen molar-refractivity contribution >= 4 is 5.97 Å². The first-order valence-corrected chi connectivity index (χ1v) is 10.1. The van der Waals surface area contributed by atoms with Crippen molar-refractivity contribution in [3.8, 4) is 0 Å². The van der Waals surface area contributed by atoms with Gasteiger partial charge in [-0.3, -0.25) is 4.79 Å². The van der Waals surface area contributed by atoms with E-state index in [1.165, 1.54) is 6.42 Å². The van der Waals surface area contributed by atoms with E-state index < -0.39 is 16.6 Å². The average molecular weight is 351 g/mol. The van der Waals surface area contributed by atoms with Crippen molar-refractivity contribution in [2.45, 2.75) is 105 Å². The molecule has 0 aliphatic heterocycles. The largest absolute Gasteiger partial charge is 0.459 e. The van der Waals surface area contributed by atoms with Crippen LogP contribution in [-0.2, 0) is 9.53 Å². The molecule has 4 saturated carbocycles. The minimum atomic E-state index is -0.591. The van der Waals surface area contributed by atoms with Crippen molar-refractivity contribution < 1.29 is 14.6 Å². The van der Waals surface area contributed by atoms with Crippen molar-refractivity contribution in [1.29, 1.82) is 0 Å². The number of hydrogen-bond acceptors (Lipinski definition) is 3. The molecule has 0 aromatic rings. The average Bonchev–Trinajstić information content (AvgIpc) is 2.30. The number of carbonyl (C=O) groups is 1. The van der Waals surface area contributed by atoms with Gasteiger partial charge in [0.15, 0.2) is 0 Å². The molecule has 0 radical (unpaired) electrons. The van der Waals surface area contributed by atoms with Crippen LogP contribution in [0.1, 0.15) is 93.4 Å². The molecule has 0 aromatic carbocycles. The monoisotopic (exact) mass is 350 g/mol. The summed E-state index contributed by atoms with van der Waals surface area (Å²) in [7, 11) is 0. The van der Waals surface area contributed by atoms with Gasteiger partial charge in [-0.2, -0.15) is 0 Å². The molecule has 144 valence electrons. The molecule has 3 atom stereocenters. The summed E-state index contributed by atoms with van der Waals surface area (Å²) < 4.78 is 6.35. The summed E-state index contributed by atoms with van der Waals surface area (Å²) in [4.78, 5) is 13.5. The minimum absolute atomic E-state index is 0.0551. The lowest BCUT2D eigenvalue weighted by molar-refractivity contribution is -0.230. The second-order valence-corrected chi connectivity index (χ2v) is 12.1. The van der Waals surface area contributed by atoms with Gasteiger partial charge in [-0.25, -0.2) is 0 Å². The van der Waals surface area contributed by atoms with Crippen LogP contribution in [-0.4, -0.2) is 22.3 Å². The van der Waals surface area contributed by atoms with E-state index in [1.54, 1.807) is 0 Å². The Bertz CT molecular complexity index is 537. The fraction of sp³-hybridized carbons (Fsp3) is 0.955. The number of rotatable bonds is 3. The van der Waals surface area contributed by atoms with Crippen LogP contribution in [0.5, 0.6) is 0 Å². The molecule has 3 heteroatoms. The Morgan fingerprint density at radius 1 is 1.00 bits per heavy atom. The highest BCUT2D eigenvalue weighted by atomic mass is 16.6. The minimum Gasteiger partial charge on any atom is -0.459 e. The van der Waals surface area contributed by atoms with E-state index in [0.717, 1.165) is 32.1 Å². The van der Waals surface area contributed by atoms with Gasteiger partial charge in [-0.1, -0.05) is 41.5 Å². The molecule has 1 N–H and O–H groups in total. The van der Waals surface area contributed by atoms with Crippen molar-refractivity contribution in [2.75, 3.05) is 0 Å². The molecule has 4 aliphatic carbocycles. The topological polar surface area (TPSA) is 46.5 Å². The van der Waals surface area contributed by atoms with Crippen molar-refractivity contribution in [3.63, 3.8) is 0 Å². The van der Waals surface area contributed by atoms with E-state index in [-0.39, 0.29) is 16.8 Å². The maximum atomic E-state index is 13.5. The molecule has 0 heterocycles. The van der Waals surface area contributed by atoms with Crippen LogP contribution >= 0.6 is 0 Å². The Morgan fingerprint density at radius 2 is 1.52 bits per heavy atom. The summed E-state index contributed by atoms with van der Waals surface area (Å²) in [5.41, 5.74) is -1.65. The van der Waals surface area contributed by atoms with Gasteiger partial charge in [0.25, 0.3) is 0 Å². The number of ether oxygens (including phenoxy) is 1. The Hall–Kier alpha value is -0.570. The van der Waals surface area contributed by atoms with Crippen LogP contribution in [0.4, 0.5) is 0 Å². The SMILES string of the molecule is CC(C)(C)CC(C)(C(=O)OC12CC3CC(CC(O)(C3)C1)C2)C(C)(C)C. The Labute approximate surface area is 153 Å². The van der Waals surface area contributed by atoms with E-state index in [0.29, 0.717) is 18.3 Å². The third kappa shape index (κ3) is 3.50. The summed E-state index contributed by atoms with van der Waals surface area (Å²) >= 11 is 0. The molecule has 0 aromatic heterocycles. The van der Waals surface area contributed by atoms with Gasteiger partial charge in [0.1, 0.15) is 5.60 Å². The second-order valence-electron chi connectivity index (χ2n) is 12.1. The van der Waals surface area contributed by atoms with E-state index in [2.05, 4.69) is 48.5 Å². The second kappa shape index (κ2) is 5.47. The third-order valence-electron chi connectivity index (χ3n) is 7.28. The zero-order valence-electron chi connectivity index (χ0n) is 17.4. The Kier molecular flexibility index (Phi) is 4.20. The van der Waals surface area contributed by atoms with E-state index >= 15 is 0 Å². The standard InChI is InChI=1S/C22H38O3/c1-18(2,3)13-20(7,19(4,5)6)17(23)25-22-11-15-8-16(12-22)10-21(24,9-15)14-22/h15-16,24H,8-14H2,1-7H3. The summed E-state index contributed by atoms with van der Waals surface area (Å²) in [6, 6.07) is 0. The molecular formula is C22H38O3. The molecule has 4 aliphatic rings. The maximum Gasteiger partial charge on any atom is 0.312 e. The van der Waals surface area contributed by atoms with Gasteiger partial charge >= 0.3 is 5.97 Å². The highest BCUT2D eigenvalue weighted by Crippen LogP contribution is 2.60. The quantitative estimate of drug-likeness (QED) is 0.720. The van der Waals surface area contributed by atoms with E-state index in [9.17, 15) is 9.90 Å². The summed E-state index contributed by atoms with van der Waals surface area (Å²) in [5, 5.41) is 10.9. The highest BCUT2D eigenvalue weighted by molar-refractivity contribution is 5.78. The molecule has 0 spiro atoms.